The molecular formula is C16H18N6O5S3. The number of aliphatic carboxylic acids is 1. The Labute approximate surface area is 183 Å². The molecule has 0 saturated carbocycles. The smallest absolute Gasteiger partial charge is 0.353 e. The summed E-state index contributed by atoms with van der Waals surface area (Å²) in [5.74, 6) is -2.27. The summed E-state index contributed by atoms with van der Waals surface area (Å²) in [6.45, 7) is 1.78. The van der Waals surface area contributed by atoms with Crippen molar-refractivity contribution >= 4 is 63.5 Å². The summed E-state index contributed by atoms with van der Waals surface area (Å²) in [5.41, 5.74) is 10.7. The van der Waals surface area contributed by atoms with Crippen LogP contribution in [0.4, 0.5) is 5.13 Å². The van der Waals surface area contributed by atoms with E-state index < -0.39 is 29.2 Å². The van der Waals surface area contributed by atoms with Gasteiger partial charge in [-0.05, 0) is 12.3 Å². The van der Waals surface area contributed by atoms with Crippen LogP contribution in [0.15, 0.2) is 32.6 Å². The summed E-state index contributed by atoms with van der Waals surface area (Å²) in [7, 11) is 0. The van der Waals surface area contributed by atoms with Gasteiger partial charge in [-0.25, -0.2) is 9.78 Å². The second-order valence-corrected chi connectivity index (χ2v) is 9.26. The van der Waals surface area contributed by atoms with Gasteiger partial charge in [0.15, 0.2) is 10.8 Å². The Bertz CT molecular complexity index is 972. The number of oxime groups is 1. The fourth-order valence-electron chi connectivity index (χ4n) is 2.75. The van der Waals surface area contributed by atoms with Crippen molar-refractivity contribution in [2.75, 3.05) is 11.5 Å². The molecule has 30 heavy (non-hydrogen) atoms. The van der Waals surface area contributed by atoms with E-state index in [0.717, 1.165) is 16.2 Å². The molecule has 3 rings (SSSR count). The van der Waals surface area contributed by atoms with Crippen molar-refractivity contribution < 1.29 is 24.7 Å². The molecule has 3 heterocycles. The molecule has 1 aromatic heterocycles. The molecule has 2 aliphatic heterocycles. The third-order valence-electron chi connectivity index (χ3n) is 4.09. The van der Waals surface area contributed by atoms with Crippen LogP contribution < -0.4 is 16.8 Å². The van der Waals surface area contributed by atoms with E-state index in [-0.39, 0.29) is 28.3 Å². The predicted octanol–water partition coefficient (Wildman–Crippen LogP) is 0.194. The van der Waals surface area contributed by atoms with Crippen molar-refractivity contribution in [1.29, 1.82) is 0 Å². The molecule has 1 saturated heterocycles. The third-order valence-corrected chi connectivity index (χ3v) is 7.15. The number of anilines is 1. The standard InChI is InChI=1S/C16H18N6O5S3/c1-6(17)2-3-28-8-5-29-14-10(13(24)22(14)11(8)15(25)26)20-12(23)9(21-27)7-4-30-16(18)19-7/h2-4,6,10,14,27H,5,17H2,1H3,(H2,18,19)(H,20,23)(H,25,26)/b3-2-,21-9-/t6?,10?,14-/m1/s1. The topological polar surface area (TPSA) is 184 Å². The van der Waals surface area contributed by atoms with E-state index >= 15 is 0 Å². The minimum atomic E-state index is -1.23. The fraction of sp³-hybridized carbons (Fsp3) is 0.312. The summed E-state index contributed by atoms with van der Waals surface area (Å²) < 4.78 is 0. The predicted molar refractivity (Wildman–Crippen MR) is 115 cm³/mol. The van der Waals surface area contributed by atoms with Crippen molar-refractivity contribution in [3.8, 4) is 0 Å². The molecule has 1 aromatic rings. The first-order chi connectivity index (χ1) is 14.2. The number of rotatable bonds is 7. The minimum absolute atomic E-state index is 0.0724. The number of nitrogens with zero attached hydrogens (tertiary/aromatic N) is 3. The Kier molecular flexibility index (Phi) is 6.70. The van der Waals surface area contributed by atoms with Gasteiger partial charge in [-0.15, -0.1) is 23.1 Å². The Morgan fingerprint density at radius 1 is 1.53 bits per heavy atom. The van der Waals surface area contributed by atoms with Crippen LogP contribution in [-0.4, -0.2) is 66.9 Å². The highest BCUT2D eigenvalue weighted by molar-refractivity contribution is 8.08. The molecular weight excluding hydrogens is 452 g/mol. The Hall–Kier alpha value is -2.55. The van der Waals surface area contributed by atoms with Crippen molar-refractivity contribution in [1.82, 2.24) is 15.2 Å². The average molecular weight is 471 g/mol. The number of β-lactam (4-membered cyclic amide) rings is 1. The van der Waals surface area contributed by atoms with Gasteiger partial charge in [0.2, 0.25) is 0 Å². The Morgan fingerprint density at radius 3 is 2.83 bits per heavy atom. The van der Waals surface area contributed by atoms with Crippen molar-refractivity contribution in [2.45, 2.75) is 24.4 Å². The van der Waals surface area contributed by atoms with Crippen LogP contribution in [0.25, 0.3) is 0 Å². The number of hydrogen-bond donors (Lipinski definition) is 5. The van der Waals surface area contributed by atoms with E-state index in [1.54, 1.807) is 18.4 Å². The largest absolute Gasteiger partial charge is 0.477 e. The molecule has 0 bridgehead atoms. The summed E-state index contributed by atoms with van der Waals surface area (Å²) in [5, 5.41) is 27.0. The number of carboxylic acid groups (broad SMARTS) is 1. The molecule has 7 N–H and O–H groups in total. The normalized spacial score (nSPS) is 22.7. The first-order valence-electron chi connectivity index (χ1n) is 8.49. The van der Waals surface area contributed by atoms with E-state index in [2.05, 4.69) is 15.5 Å². The van der Waals surface area contributed by atoms with Gasteiger partial charge in [0, 0.05) is 22.1 Å². The zero-order chi connectivity index (χ0) is 22.0. The molecule has 160 valence electrons. The van der Waals surface area contributed by atoms with Gasteiger partial charge < -0.3 is 27.1 Å². The van der Waals surface area contributed by atoms with Crippen LogP contribution in [0, 0.1) is 0 Å². The number of nitrogen functional groups attached to an aromatic ring is 1. The minimum Gasteiger partial charge on any atom is -0.477 e. The van der Waals surface area contributed by atoms with Crippen LogP contribution in [0.5, 0.6) is 0 Å². The number of thioether (sulfide) groups is 2. The van der Waals surface area contributed by atoms with Crippen molar-refractivity contribution in [2.24, 2.45) is 10.9 Å². The fourth-order valence-corrected chi connectivity index (χ4v) is 5.75. The second kappa shape index (κ2) is 9.07. The molecule has 2 unspecified atom stereocenters. The van der Waals surface area contributed by atoms with Gasteiger partial charge in [-0.1, -0.05) is 23.0 Å². The molecule has 2 amide bonds. The van der Waals surface area contributed by atoms with Crippen LogP contribution in [0.1, 0.15) is 12.6 Å². The van der Waals surface area contributed by atoms with Crippen LogP contribution in [-0.2, 0) is 14.4 Å². The average Bonchev–Trinajstić information content (AvgIpc) is 3.11. The van der Waals surface area contributed by atoms with Crippen molar-refractivity contribution in [3.63, 3.8) is 0 Å². The number of carboxylic acids is 1. The maximum absolute atomic E-state index is 12.6. The summed E-state index contributed by atoms with van der Waals surface area (Å²) in [6, 6.07) is -1.15. The number of fused-ring (bicyclic) bond motifs is 1. The van der Waals surface area contributed by atoms with E-state index in [0.29, 0.717) is 10.7 Å². The number of nitrogens with one attached hydrogen (secondary N) is 1. The zero-order valence-electron chi connectivity index (χ0n) is 15.5. The summed E-state index contributed by atoms with van der Waals surface area (Å²) >= 11 is 3.58. The number of amides is 2. The number of carbonyl (C=O) groups excluding carboxylic acids is 2. The molecule has 0 aromatic carbocycles. The Balaban J connectivity index is 1.75. The second-order valence-electron chi connectivity index (χ2n) is 6.26. The van der Waals surface area contributed by atoms with Crippen LogP contribution in [0.2, 0.25) is 0 Å². The molecule has 1 fully saturated rings. The van der Waals surface area contributed by atoms with Gasteiger partial charge >= 0.3 is 5.97 Å². The molecule has 0 spiro atoms. The number of carbonyl (C=O) groups is 3. The maximum Gasteiger partial charge on any atom is 0.353 e. The summed E-state index contributed by atoms with van der Waals surface area (Å²) in [6.07, 6.45) is 1.72. The first kappa shape index (κ1) is 22.1. The number of nitrogens with two attached hydrogens (primary N) is 2. The summed E-state index contributed by atoms with van der Waals surface area (Å²) in [4.78, 5) is 42.5. The molecule has 3 atom stereocenters. The van der Waals surface area contributed by atoms with Gasteiger partial charge in [0.1, 0.15) is 22.8 Å². The van der Waals surface area contributed by atoms with Crippen molar-refractivity contribution in [3.05, 3.63) is 33.2 Å². The third kappa shape index (κ3) is 4.30. The van der Waals surface area contributed by atoms with Gasteiger partial charge in [-0.2, -0.15) is 0 Å². The Morgan fingerprint density at radius 2 is 2.27 bits per heavy atom. The molecule has 2 aliphatic rings. The van der Waals surface area contributed by atoms with Crippen LogP contribution in [0.3, 0.4) is 0 Å². The highest BCUT2D eigenvalue weighted by Gasteiger charge is 2.54. The SMILES string of the molecule is CC(N)/C=C\SC1=C(C(=O)O)N2C(=O)C(NC(=O)/C(=N\O)c3csc(N)n3)[C@H]2SC1. The lowest BCUT2D eigenvalue weighted by atomic mass is 10.0. The lowest BCUT2D eigenvalue weighted by Gasteiger charge is -2.49. The highest BCUT2D eigenvalue weighted by Crippen LogP contribution is 2.43. The van der Waals surface area contributed by atoms with Gasteiger partial charge in [-0.3, -0.25) is 14.5 Å². The highest BCUT2D eigenvalue weighted by atomic mass is 32.2. The molecule has 11 nitrogen and oxygen atoms in total. The molecule has 0 aliphatic carbocycles. The van der Waals surface area contributed by atoms with E-state index in [1.165, 1.54) is 28.9 Å². The zero-order valence-corrected chi connectivity index (χ0v) is 18.0. The lowest BCUT2D eigenvalue weighted by molar-refractivity contribution is -0.150. The van der Waals surface area contributed by atoms with E-state index in [1.807, 2.05) is 0 Å². The van der Waals surface area contributed by atoms with Crippen LogP contribution >= 0.6 is 34.9 Å². The first-order valence-corrected chi connectivity index (χ1v) is 11.3. The van der Waals surface area contributed by atoms with E-state index in [9.17, 15) is 24.7 Å². The maximum atomic E-state index is 12.6. The van der Waals surface area contributed by atoms with E-state index in [4.69, 9.17) is 11.5 Å². The number of aromatic nitrogens is 1. The number of thiazole rings is 1. The molecule has 0 radical (unpaired) electrons. The molecule has 14 heteroatoms. The van der Waals surface area contributed by atoms with Gasteiger partial charge in [0.05, 0.1) is 0 Å². The number of hydrogen-bond acceptors (Lipinski definition) is 11. The monoisotopic (exact) mass is 470 g/mol. The lowest BCUT2D eigenvalue weighted by Crippen LogP contribution is -2.71. The quantitative estimate of drug-likeness (QED) is 0.159. The van der Waals surface area contributed by atoms with Gasteiger partial charge in [0.25, 0.3) is 11.8 Å².